The van der Waals surface area contributed by atoms with E-state index in [-0.39, 0.29) is 12.2 Å². The summed E-state index contributed by atoms with van der Waals surface area (Å²) in [6.45, 7) is -0.184. The number of aromatic nitrogens is 4. The molecule has 0 fully saturated rings. The molecule has 108 valence electrons. The molecule has 0 aliphatic carbocycles. The highest BCUT2D eigenvalue weighted by molar-refractivity contribution is 5.83. The lowest BCUT2D eigenvalue weighted by molar-refractivity contribution is 0.270. The molecule has 2 aromatic carbocycles. The van der Waals surface area contributed by atoms with Crippen molar-refractivity contribution in [2.24, 2.45) is 0 Å². The van der Waals surface area contributed by atoms with Gasteiger partial charge in [0, 0.05) is 5.69 Å². The van der Waals surface area contributed by atoms with Crippen molar-refractivity contribution in [3.63, 3.8) is 0 Å². The van der Waals surface area contributed by atoms with Gasteiger partial charge in [-0.2, -0.15) is 0 Å². The summed E-state index contributed by atoms with van der Waals surface area (Å²) in [4.78, 5) is 23.1. The quantitative estimate of drug-likeness (QED) is 0.589. The molecular formula is C16H12N4O2. The second kappa shape index (κ2) is 4.78. The Balaban J connectivity index is 2.06. The fraction of sp³-hybridized carbons (Fsp3) is 0.0625. The SMILES string of the molecule is O=c1[nH]cnc2ccc(-n3c(CO)nc4ccccc43)cc12. The number of hydrogen-bond acceptors (Lipinski definition) is 4. The monoisotopic (exact) mass is 292 g/mol. The minimum Gasteiger partial charge on any atom is -0.388 e. The van der Waals surface area contributed by atoms with Crippen LogP contribution in [0.4, 0.5) is 0 Å². The number of rotatable bonds is 2. The van der Waals surface area contributed by atoms with Gasteiger partial charge in [0.15, 0.2) is 0 Å². The molecule has 0 unspecified atom stereocenters. The van der Waals surface area contributed by atoms with Crippen LogP contribution in [-0.2, 0) is 6.61 Å². The fourth-order valence-electron chi connectivity index (χ4n) is 2.67. The molecule has 0 aliphatic rings. The maximum absolute atomic E-state index is 11.9. The Labute approximate surface area is 124 Å². The number of aliphatic hydroxyl groups excluding tert-OH is 1. The normalized spacial score (nSPS) is 11.3. The van der Waals surface area contributed by atoms with Gasteiger partial charge in [-0.15, -0.1) is 0 Å². The van der Waals surface area contributed by atoms with Crippen LogP contribution >= 0.6 is 0 Å². The van der Waals surface area contributed by atoms with Crippen LogP contribution in [0.2, 0.25) is 0 Å². The summed E-state index contributed by atoms with van der Waals surface area (Å²) in [5, 5.41) is 10.1. The Kier molecular flexibility index (Phi) is 2.77. The van der Waals surface area contributed by atoms with Gasteiger partial charge in [-0.25, -0.2) is 9.97 Å². The average molecular weight is 292 g/mol. The van der Waals surface area contributed by atoms with Crippen molar-refractivity contribution in [1.82, 2.24) is 19.5 Å². The summed E-state index contributed by atoms with van der Waals surface area (Å²) < 4.78 is 1.85. The third kappa shape index (κ3) is 1.82. The van der Waals surface area contributed by atoms with Gasteiger partial charge in [0.2, 0.25) is 0 Å². The lowest BCUT2D eigenvalue weighted by Gasteiger charge is -2.08. The first kappa shape index (κ1) is 12.7. The number of fused-ring (bicyclic) bond motifs is 2. The number of para-hydroxylation sites is 2. The van der Waals surface area contributed by atoms with E-state index in [1.165, 1.54) is 6.33 Å². The standard InChI is InChI=1S/C16H12N4O2/c21-8-15-19-13-3-1-2-4-14(13)20(15)10-5-6-12-11(7-10)16(22)18-9-17-12/h1-7,9,21H,8H2,(H,17,18,22). The molecule has 2 heterocycles. The molecule has 0 amide bonds. The molecule has 2 aromatic heterocycles. The Hall–Kier alpha value is -2.99. The molecular weight excluding hydrogens is 280 g/mol. The smallest absolute Gasteiger partial charge is 0.258 e. The van der Waals surface area contributed by atoms with Crippen molar-refractivity contribution < 1.29 is 5.11 Å². The lowest BCUT2D eigenvalue weighted by atomic mass is 10.2. The zero-order valence-corrected chi connectivity index (χ0v) is 11.5. The number of benzene rings is 2. The van der Waals surface area contributed by atoms with E-state index in [1.54, 1.807) is 12.1 Å². The Morgan fingerprint density at radius 3 is 2.86 bits per heavy atom. The second-order valence-corrected chi connectivity index (χ2v) is 4.94. The molecule has 4 aromatic rings. The zero-order valence-electron chi connectivity index (χ0n) is 11.5. The van der Waals surface area contributed by atoms with E-state index in [4.69, 9.17) is 0 Å². The van der Waals surface area contributed by atoms with Gasteiger partial charge in [0.25, 0.3) is 5.56 Å². The van der Waals surface area contributed by atoms with Crippen molar-refractivity contribution in [3.8, 4) is 5.69 Å². The van der Waals surface area contributed by atoms with Gasteiger partial charge in [0.05, 0.1) is 28.3 Å². The number of hydrogen-bond donors (Lipinski definition) is 2. The molecule has 0 spiro atoms. The summed E-state index contributed by atoms with van der Waals surface area (Å²) in [5.74, 6) is 0.529. The van der Waals surface area contributed by atoms with Crippen molar-refractivity contribution in [1.29, 1.82) is 0 Å². The third-order valence-corrected chi connectivity index (χ3v) is 3.65. The zero-order chi connectivity index (χ0) is 15.1. The first-order valence-electron chi connectivity index (χ1n) is 6.83. The maximum atomic E-state index is 11.9. The number of nitrogens with zero attached hydrogens (tertiary/aromatic N) is 3. The molecule has 6 nitrogen and oxygen atoms in total. The van der Waals surface area contributed by atoms with Gasteiger partial charge in [-0.3, -0.25) is 9.36 Å². The first-order chi connectivity index (χ1) is 10.8. The summed E-state index contributed by atoms with van der Waals surface area (Å²) in [5.41, 5.74) is 2.88. The van der Waals surface area contributed by atoms with Crippen LogP contribution in [0.15, 0.2) is 53.6 Å². The van der Waals surface area contributed by atoms with Crippen LogP contribution in [-0.4, -0.2) is 24.6 Å². The van der Waals surface area contributed by atoms with Crippen LogP contribution in [0.5, 0.6) is 0 Å². The lowest BCUT2D eigenvalue weighted by Crippen LogP contribution is -2.08. The van der Waals surface area contributed by atoms with Gasteiger partial charge < -0.3 is 10.1 Å². The van der Waals surface area contributed by atoms with Crippen LogP contribution < -0.4 is 5.56 Å². The summed E-state index contributed by atoms with van der Waals surface area (Å²) in [7, 11) is 0. The molecule has 0 saturated heterocycles. The molecule has 0 atom stereocenters. The summed E-state index contributed by atoms with van der Waals surface area (Å²) in [6.07, 6.45) is 1.39. The van der Waals surface area contributed by atoms with Crippen molar-refractivity contribution >= 4 is 21.9 Å². The highest BCUT2D eigenvalue weighted by Gasteiger charge is 2.12. The number of nitrogens with one attached hydrogen (secondary N) is 1. The number of H-pyrrole nitrogens is 1. The molecule has 0 saturated carbocycles. The van der Waals surface area contributed by atoms with E-state index < -0.39 is 0 Å². The molecule has 0 bridgehead atoms. The average Bonchev–Trinajstić information content (AvgIpc) is 2.93. The van der Waals surface area contributed by atoms with E-state index in [2.05, 4.69) is 15.0 Å². The van der Waals surface area contributed by atoms with Crippen molar-refractivity contribution in [3.05, 3.63) is 65.0 Å². The highest BCUT2D eigenvalue weighted by atomic mass is 16.3. The molecule has 4 rings (SSSR count). The van der Waals surface area contributed by atoms with Crippen LogP contribution in [0, 0.1) is 0 Å². The van der Waals surface area contributed by atoms with E-state index in [9.17, 15) is 9.90 Å². The molecule has 0 aliphatic heterocycles. The van der Waals surface area contributed by atoms with Gasteiger partial charge in [-0.1, -0.05) is 12.1 Å². The van der Waals surface area contributed by atoms with E-state index in [0.717, 1.165) is 16.7 Å². The largest absolute Gasteiger partial charge is 0.388 e. The number of aliphatic hydroxyl groups is 1. The third-order valence-electron chi connectivity index (χ3n) is 3.65. The van der Waals surface area contributed by atoms with Crippen LogP contribution in [0.25, 0.3) is 27.6 Å². The Morgan fingerprint density at radius 1 is 1.14 bits per heavy atom. The maximum Gasteiger partial charge on any atom is 0.258 e. The summed E-state index contributed by atoms with van der Waals surface area (Å²) >= 11 is 0. The predicted octanol–water partition coefficient (Wildman–Crippen LogP) is 1.75. The van der Waals surface area contributed by atoms with Gasteiger partial charge >= 0.3 is 0 Å². The first-order valence-corrected chi connectivity index (χ1v) is 6.83. The predicted molar refractivity (Wildman–Crippen MR) is 82.9 cm³/mol. The highest BCUT2D eigenvalue weighted by Crippen LogP contribution is 2.23. The van der Waals surface area contributed by atoms with Crippen LogP contribution in [0.1, 0.15) is 5.82 Å². The summed E-state index contributed by atoms with van der Waals surface area (Å²) in [6, 6.07) is 13.0. The van der Waals surface area contributed by atoms with Crippen molar-refractivity contribution in [2.75, 3.05) is 0 Å². The van der Waals surface area contributed by atoms with Crippen LogP contribution in [0.3, 0.4) is 0 Å². The molecule has 2 N–H and O–H groups in total. The molecule has 6 heteroatoms. The van der Waals surface area contributed by atoms with E-state index in [0.29, 0.717) is 16.7 Å². The van der Waals surface area contributed by atoms with E-state index >= 15 is 0 Å². The minimum absolute atomic E-state index is 0.184. The van der Waals surface area contributed by atoms with Gasteiger partial charge in [-0.05, 0) is 30.3 Å². The van der Waals surface area contributed by atoms with E-state index in [1.807, 2.05) is 34.9 Å². The molecule has 0 radical (unpaired) electrons. The minimum atomic E-state index is -0.193. The topological polar surface area (TPSA) is 83.8 Å². The van der Waals surface area contributed by atoms with Gasteiger partial charge in [0.1, 0.15) is 12.4 Å². The Bertz CT molecular complexity index is 1050. The number of imidazole rings is 1. The number of aromatic amines is 1. The second-order valence-electron chi connectivity index (χ2n) is 4.94. The van der Waals surface area contributed by atoms with Crippen molar-refractivity contribution in [2.45, 2.75) is 6.61 Å². The Morgan fingerprint density at radius 2 is 2.00 bits per heavy atom. The fourth-order valence-corrected chi connectivity index (χ4v) is 2.67. The molecule has 22 heavy (non-hydrogen) atoms.